The molecule has 0 unspecified atom stereocenters. The van der Waals surface area contributed by atoms with Crippen molar-refractivity contribution in [1.82, 2.24) is 9.97 Å². The van der Waals surface area contributed by atoms with E-state index in [1.807, 2.05) is 17.6 Å². The Morgan fingerprint density at radius 3 is 3.12 bits per heavy atom. The Morgan fingerprint density at radius 1 is 1.41 bits per heavy atom. The molecule has 1 N–H and O–H groups in total. The van der Waals surface area contributed by atoms with Crippen LogP contribution in [-0.2, 0) is 0 Å². The predicted molar refractivity (Wildman–Crippen MR) is 69.3 cm³/mol. The Bertz CT molecular complexity index is 692. The summed E-state index contributed by atoms with van der Waals surface area (Å²) in [5.74, 6) is 0. The number of hydrogen-bond donors (Lipinski definition) is 1. The fourth-order valence-electron chi connectivity index (χ4n) is 1.63. The number of aromatic amines is 1. The molecule has 3 aromatic heterocycles. The second kappa shape index (κ2) is 4.24. The first-order valence-corrected chi connectivity index (χ1v) is 6.65. The quantitative estimate of drug-likeness (QED) is 0.762. The number of nitriles is 1. The van der Waals surface area contributed by atoms with Gasteiger partial charge < -0.3 is 4.98 Å². The number of thiophene rings is 1. The van der Waals surface area contributed by atoms with E-state index >= 15 is 0 Å². The van der Waals surface area contributed by atoms with Gasteiger partial charge in [-0.2, -0.15) is 5.26 Å². The summed E-state index contributed by atoms with van der Waals surface area (Å²) in [4.78, 5) is 8.37. The SMILES string of the molecule is N#Cc1ccnc2[nH]cc(Sc3cccs3)c12. The summed E-state index contributed by atoms with van der Waals surface area (Å²) in [6.45, 7) is 0. The third kappa shape index (κ3) is 1.82. The van der Waals surface area contributed by atoms with Crippen molar-refractivity contribution >= 4 is 34.1 Å². The van der Waals surface area contributed by atoms with Crippen LogP contribution in [0.2, 0.25) is 0 Å². The molecule has 0 bridgehead atoms. The molecule has 0 fully saturated rings. The van der Waals surface area contributed by atoms with Crippen LogP contribution in [0.4, 0.5) is 0 Å². The van der Waals surface area contributed by atoms with Crippen LogP contribution in [0.1, 0.15) is 5.56 Å². The van der Waals surface area contributed by atoms with Crippen LogP contribution in [0.5, 0.6) is 0 Å². The summed E-state index contributed by atoms with van der Waals surface area (Å²) in [6, 6.07) is 8.04. The number of aromatic nitrogens is 2. The fourth-order valence-corrected chi connectivity index (χ4v) is 3.50. The minimum Gasteiger partial charge on any atom is -0.345 e. The number of pyridine rings is 1. The first-order valence-electron chi connectivity index (χ1n) is 4.96. The van der Waals surface area contributed by atoms with Crippen LogP contribution in [0.15, 0.2) is 45.1 Å². The molecule has 0 aliphatic rings. The van der Waals surface area contributed by atoms with E-state index in [0.29, 0.717) is 5.56 Å². The van der Waals surface area contributed by atoms with Crippen LogP contribution >= 0.6 is 23.1 Å². The molecule has 5 heteroatoms. The highest BCUT2D eigenvalue weighted by atomic mass is 32.2. The Labute approximate surface area is 106 Å². The van der Waals surface area contributed by atoms with Crippen molar-refractivity contribution < 1.29 is 0 Å². The molecule has 3 rings (SSSR count). The van der Waals surface area contributed by atoms with Gasteiger partial charge in [-0.05, 0) is 17.5 Å². The summed E-state index contributed by atoms with van der Waals surface area (Å²) in [5, 5.41) is 12.1. The van der Waals surface area contributed by atoms with Crippen LogP contribution in [0.3, 0.4) is 0 Å². The third-order valence-corrected chi connectivity index (χ3v) is 4.44. The number of fused-ring (bicyclic) bond motifs is 1. The Hall–Kier alpha value is -1.77. The molecule has 0 spiro atoms. The highest BCUT2D eigenvalue weighted by Crippen LogP contribution is 2.36. The monoisotopic (exact) mass is 257 g/mol. The Kier molecular flexibility index (Phi) is 2.59. The van der Waals surface area contributed by atoms with Crippen LogP contribution < -0.4 is 0 Å². The molecule has 17 heavy (non-hydrogen) atoms. The minimum atomic E-state index is 0.662. The number of rotatable bonds is 2. The van der Waals surface area contributed by atoms with Gasteiger partial charge in [0.05, 0.1) is 21.2 Å². The van der Waals surface area contributed by atoms with E-state index in [9.17, 15) is 0 Å². The predicted octanol–water partition coefficient (Wildman–Crippen LogP) is 3.65. The highest BCUT2D eigenvalue weighted by Gasteiger charge is 2.10. The molecular weight excluding hydrogens is 250 g/mol. The van der Waals surface area contributed by atoms with Gasteiger partial charge in [0.2, 0.25) is 0 Å². The second-order valence-corrected chi connectivity index (χ2v) is 5.67. The number of nitrogens with one attached hydrogen (secondary N) is 1. The maximum atomic E-state index is 9.11. The zero-order valence-corrected chi connectivity index (χ0v) is 10.3. The van der Waals surface area contributed by atoms with Gasteiger partial charge in [0, 0.05) is 17.3 Å². The summed E-state index contributed by atoms with van der Waals surface area (Å²) < 4.78 is 1.21. The number of H-pyrrole nitrogens is 1. The Morgan fingerprint density at radius 2 is 2.35 bits per heavy atom. The van der Waals surface area contributed by atoms with Gasteiger partial charge in [0.25, 0.3) is 0 Å². The van der Waals surface area contributed by atoms with Gasteiger partial charge in [-0.3, -0.25) is 0 Å². The molecule has 0 aliphatic carbocycles. The smallest absolute Gasteiger partial charge is 0.139 e. The van der Waals surface area contributed by atoms with Crippen molar-refractivity contribution in [1.29, 1.82) is 5.26 Å². The minimum absolute atomic E-state index is 0.662. The molecule has 0 saturated carbocycles. The third-order valence-electron chi connectivity index (χ3n) is 2.36. The molecule has 3 nitrogen and oxygen atoms in total. The summed E-state index contributed by atoms with van der Waals surface area (Å²) in [7, 11) is 0. The molecule has 0 amide bonds. The van der Waals surface area contributed by atoms with E-state index < -0.39 is 0 Å². The lowest BCUT2D eigenvalue weighted by atomic mass is 10.2. The molecule has 3 aromatic rings. The van der Waals surface area contributed by atoms with Crippen LogP contribution in [0, 0.1) is 11.3 Å². The van der Waals surface area contributed by atoms with Crippen molar-refractivity contribution in [3.05, 3.63) is 41.5 Å². The van der Waals surface area contributed by atoms with Crippen LogP contribution in [-0.4, -0.2) is 9.97 Å². The molecule has 3 heterocycles. The molecule has 0 radical (unpaired) electrons. The molecule has 82 valence electrons. The van der Waals surface area contributed by atoms with E-state index in [1.54, 1.807) is 35.4 Å². The molecule has 0 aromatic carbocycles. The summed E-state index contributed by atoms with van der Waals surface area (Å²) in [5.41, 5.74) is 1.43. The zero-order valence-electron chi connectivity index (χ0n) is 8.68. The average molecular weight is 257 g/mol. The first kappa shape index (κ1) is 10.4. The summed E-state index contributed by atoms with van der Waals surface area (Å²) in [6.07, 6.45) is 3.56. The maximum Gasteiger partial charge on any atom is 0.139 e. The van der Waals surface area contributed by atoms with Gasteiger partial charge in [-0.25, -0.2) is 4.98 Å². The van der Waals surface area contributed by atoms with E-state index in [2.05, 4.69) is 22.1 Å². The van der Waals surface area contributed by atoms with Crippen LogP contribution in [0.25, 0.3) is 11.0 Å². The number of nitrogens with zero attached hydrogens (tertiary/aromatic N) is 2. The molecule has 0 atom stereocenters. The van der Waals surface area contributed by atoms with Gasteiger partial charge in [0.1, 0.15) is 5.65 Å². The van der Waals surface area contributed by atoms with E-state index in [1.165, 1.54) is 4.21 Å². The molecule has 0 saturated heterocycles. The van der Waals surface area contributed by atoms with Gasteiger partial charge >= 0.3 is 0 Å². The maximum absolute atomic E-state index is 9.11. The standard InChI is InChI=1S/C12H7N3S2/c13-6-8-3-4-14-12-11(8)9(7-15-12)17-10-2-1-5-16-10/h1-5,7H,(H,14,15). The highest BCUT2D eigenvalue weighted by molar-refractivity contribution is 8.01. The fraction of sp³-hybridized carbons (Fsp3) is 0. The topological polar surface area (TPSA) is 52.5 Å². The molecular formula is C12H7N3S2. The number of hydrogen-bond acceptors (Lipinski definition) is 4. The molecule has 0 aliphatic heterocycles. The largest absolute Gasteiger partial charge is 0.345 e. The van der Waals surface area contributed by atoms with Crippen molar-refractivity contribution in [2.45, 2.75) is 9.10 Å². The van der Waals surface area contributed by atoms with E-state index in [4.69, 9.17) is 5.26 Å². The lowest BCUT2D eigenvalue weighted by Crippen LogP contribution is -1.80. The van der Waals surface area contributed by atoms with Crippen molar-refractivity contribution in [3.8, 4) is 6.07 Å². The normalized spacial score (nSPS) is 10.5. The van der Waals surface area contributed by atoms with Crippen molar-refractivity contribution in [2.75, 3.05) is 0 Å². The van der Waals surface area contributed by atoms with Gasteiger partial charge in [-0.15, -0.1) is 11.3 Å². The average Bonchev–Trinajstić information content (AvgIpc) is 2.99. The van der Waals surface area contributed by atoms with Gasteiger partial charge in [-0.1, -0.05) is 17.8 Å². The van der Waals surface area contributed by atoms with Crippen molar-refractivity contribution in [3.63, 3.8) is 0 Å². The lowest BCUT2D eigenvalue weighted by molar-refractivity contribution is 1.31. The van der Waals surface area contributed by atoms with E-state index in [0.717, 1.165) is 15.9 Å². The zero-order chi connectivity index (χ0) is 11.7. The summed E-state index contributed by atoms with van der Waals surface area (Å²) >= 11 is 3.35. The van der Waals surface area contributed by atoms with E-state index in [-0.39, 0.29) is 0 Å². The lowest BCUT2D eigenvalue weighted by Gasteiger charge is -1.97. The second-order valence-electron chi connectivity index (χ2n) is 3.38. The first-order chi connectivity index (χ1) is 8.38. The Balaban J connectivity index is 2.14. The van der Waals surface area contributed by atoms with Gasteiger partial charge in [0.15, 0.2) is 0 Å². The van der Waals surface area contributed by atoms with Crippen molar-refractivity contribution in [2.24, 2.45) is 0 Å².